The fourth-order valence-corrected chi connectivity index (χ4v) is 3.00. The Hall–Kier alpha value is -2.23. The fraction of sp³-hybridized carbons (Fsp3) is 0.286. The number of benzene rings is 2. The van der Waals surface area contributed by atoms with Crippen LogP contribution in [0.3, 0.4) is 0 Å². The van der Waals surface area contributed by atoms with Gasteiger partial charge in [0.15, 0.2) is 5.96 Å². The average molecular weight is 516 g/mol. The summed E-state index contributed by atoms with van der Waals surface area (Å²) in [4.78, 5) is 6.41. The van der Waals surface area contributed by atoms with Gasteiger partial charge in [-0.05, 0) is 35.4 Å². The Morgan fingerprint density at radius 2 is 1.55 bits per heavy atom. The van der Waals surface area contributed by atoms with Gasteiger partial charge in [0, 0.05) is 38.9 Å². The zero-order chi connectivity index (χ0) is 20.0. The van der Waals surface area contributed by atoms with E-state index in [1.54, 1.807) is 13.1 Å². The number of nitrogens with zero attached hydrogens (tertiary/aromatic N) is 2. The van der Waals surface area contributed by atoms with Crippen LogP contribution < -0.4 is 15.5 Å². The number of hydrogen-bond donors (Lipinski definition) is 2. The van der Waals surface area contributed by atoms with Gasteiger partial charge in [0.1, 0.15) is 0 Å². The summed E-state index contributed by atoms with van der Waals surface area (Å²) in [6, 6.07) is 13.5. The third-order valence-electron chi connectivity index (χ3n) is 4.49. The van der Waals surface area contributed by atoms with Crippen molar-refractivity contribution in [2.75, 3.05) is 25.0 Å². The van der Waals surface area contributed by atoms with Gasteiger partial charge in [-0.3, -0.25) is 4.99 Å². The quantitative estimate of drug-likeness (QED) is 0.265. The minimum atomic E-state index is -4.34. The molecule has 1 heterocycles. The first kappa shape index (κ1) is 23.1. The second-order valence-corrected chi connectivity index (χ2v) is 6.52. The van der Waals surface area contributed by atoms with Crippen molar-refractivity contribution in [3.05, 3.63) is 77.4 Å². The molecule has 8 heteroatoms. The summed E-state index contributed by atoms with van der Waals surface area (Å²) < 4.78 is 38.5. The number of nitrogens with one attached hydrogen (secondary N) is 2. The van der Waals surface area contributed by atoms with Crippen molar-refractivity contribution < 1.29 is 13.2 Å². The van der Waals surface area contributed by atoms with E-state index in [-0.39, 0.29) is 30.5 Å². The molecule has 4 nitrogen and oxygen atoms in total. The van der Waals surface area contributed by atoms with Crippen LogP contribution in [0.2, 0.25) is 0 Å². The van der Waals surface area contributed by atoms with E-state index >= 15 is 0 Å². The summed E-state index contributed by atoms with van der Waals surface area (Å²) in [5, 5.41) is 6.26. The van der Waals surface area contributed by atoms with Crippen LogP contribution in [0.1, 0.15) is 16.7 Å². The molecule has 0 amide bonds. The largest absolute Gasteiger partial charge is 0.416 e. The highest BCUT2D eigenvalue weighted by molar-refractivity contribution is 14.0. The van der Waals surface area contributed by atoms with Crippen molar-refractivity contribution in [1.82, 2.24) is 10.6 Å². The molecule has 2 N–H and O–H groups in total. The first-order valence-electron chi connectivity index (χ1n) is 9.05. The van der Waals surface area contributed by atoms with Gasteiger partial charge in [0.25, 0.3) is 0 Å². The summed E-state index contributed by atoms with van der Waals surface area (Å²) in [6.45, 7) is 2.65. The molecule has 2 aromatic carbocycles. The molecule has 0 aromatic heterocycles. The van der Waals surface area contributed by atoms with Gasteiger partial charge in [-0.15, -0.1) is 24.0 Å². The minimum absolute atomic E-state index is 0. The number of aliphatic imine (C=N–C) groups is 1. The van der Waals surface area contributed by atoms with Crippen LogP contribution in [0, 0.1) is 0 Å². The highest BCUT2D eigenvalue weighted by Gasteiger charge is 2.30. The molecule has 2 aromatic rings. The number of alkyl halides is 3. The molecule has 0 atom stereocenters. The molecule has 29 heavy (non-hydrogen) atoms. The molecule has 3 rings (SSSR count). The van der Waals surface area contributed by atoms with Crippen LogP contribution in [0.15, 0.2) is 65.7 Å². The van der Waals surface area contributed by atoms with Crippen molar-refractivity contribution in [3.63, 3.8) is 0 Å². The number of anilines is 1. The van der Waals surface area contributed by atoms with E-state index in [4.69, 9.17) is 0 Å². The van der Waals surface area contributed by atoms with E-state index in [1.165, 1.54) is 6.07 Å². The molecule has 0 saturated carbocycles. The standard InChI is InChI=1S/C21H23F3N4.HI/c1-25-20(26-14-16-6-4-8-18(12-16)21(22,23)24)27-15-17-7-5-9-19(13-17)28-10-2-3-11-28;/h2-9,12-13H,10-11,14-15H2,1H3,(H2,25,26,27);1H. The van der Waals surface area contributed by atoms with E-state index in [9.17, 15) is 13.2 Å². The summed E-state index contributed by atoms with van der Waals surface area (Å²) in [5.74, 6) is 0.533. The first-order chi connectivity index (χ1) is 13.5. The van der Waals surface area contributed by atoms with Crippen LogP contribution in [-0.2, 0) is 19.3 Å². The maximum atomic E-state index is 12.8. The predicted molar refractivity (Wildman–Crippen MR) is 122 cm³/mol. The van der Waals surface area contributed by atoms with Crippen LogP contribution in [0.5, 0.6) is 0 Å². The van der Waals surface area contributed by atoms with Crippen molar-refractivity contribution in [3.8, 4) is 0 Å². The van der Waals surface area contributed by atoms with Crippen LogP contribution in [0.25, 0.3) is 0 Å². The van der Waals surface area contributed by atoms with Gasteiger partial charge >= 0.3 is 6.18 Å². The maximum Gasteiger partial charge on any atom is 0.416 e. The van der Waals surface area contributed by atoms with Crippen LogP contribution in [0.4, 0.5) is 18.9 Å². The molecule has 0 saturated heterocycles. The molecule has 0 aliphatic carbocycles. The monoisotopic (exact) mass is 516 g/mol. The predicted octanol–water partition coefficient (Wildman–Crippen LogP) is 4.56. The summed E-state index contributed by atoms with van der Waals surface area (Å²) in [7, 11) is 1.63. The lowest BCUT2D eigenvalue weighted by Gasteiger charge is -2.19. The van der Waals surface area contributed by atoms with Crippen molar-refractivity contribution >= 4 is 35.6 Å². The average Bonchev–Trinajstić information content (AvgIpc) is 3.23. The normalized spacial score (nSPS) is 13.9. The molecule has 156 valence electrons. The SMILES string of the molecule is CN=C(NCc1cccc(N2CC=CC2)c1)NCc1cccc(C(F)(F)F)c1.I. The molecule has 0 spiro atoms. The zero-order valence-electron chi connectivity index (χ0n) is 16.0. The molecule has 0 unspecified atom stereocenters. The van der Waals surface area contributed by atoms with E-state index in [1.807, 2.05) is 12.1 Å². The maximum absolute atomic E-state index is 12.8. The lowest BCUT2D eigenvalue weighted by Crippen LogP contribution is -2.36. The zero-order valence-corrected chi connectivity index (χ0v) is 18.4. The topological polar surface area (TPSA) is 39.7 Å². The van der Waals surface area contributed by atoms with Crippen molar-refractivity contribution in [2.45, 2.75) is 19.3 Å². The Kier molecular flexibility index (Phi) is 8.36. The van der Waals surface area contributed by atoms with Gasteiger partial charge in [0.05, 0.1) is 5.56 Å². The summed E-state index contributed by atoms with van der Waals surface area (Å²) in [6.07, 6.45) is -0.0548. The van der Waals surface area contributed by atoms with Crippen LogP contribution in [-0.4, -0.2) is 26.1 Å². The molecule has 0 radical (unpaired) electrons. The van der Waals surface area contributed by atoms with Crippen molar-refractivity contribution in [1.29, 1.82) is 0 Å². The number of guanidine groups is 1. The first-order valence-corrected chi connectivity index (χ1v) is 9.05. The third-order valence-corrected chi connectivity index (χ3v) is 4.49. The number of rotatable bonds is 5. The molecule has 0 fully saturated rings. The van der Waals surface area contributed by atoms with Gasteiger partial charge in [0.2, 0.25) is 0 Å². The minimum Gasteiger partial charge on any atom is -0.364 e. The molecule has 0 bridgehead atoms. The van der Waals surface area contributed by atoms with E-state index < -0.39 is 11.7 Å². The van der Waals surface area contributed by atoms with Gasteiger partial charge in [-0.1, -0.05) is 36.4 Å². The Labute approximate surface area is 185 Å². The summed E-state index contributed by atoms with van der Waals surface area (Å²) >= 11 is 0. The Morgan fingerprint density at radius 3 is 2.14 bits per heavy atom. The second kappa shape index (κ2) is 10.5. The highest BCUT2D eigenvalue weighted by atomic mass is 127. The van der Waals surface area contributed by atoms with Gasteiger partial charge < -0.3 is 15.5 Å². The number of hydrogen-bond acceptors (Lipinski definition) is 2. The van der Waals surface area contributed by atoms with E-state index in [0.717, 1.165) is 36.5 Å². The molecule has 1 aliphatic heterocycles. The number of halogens is 4. The lowest BCUT2D eigenvalue weighted by atomic mass is 10.1. The fourth-order valence-electron chi connectivity index (χ4n) is 3.00. The molecule has 1 aliphatic rings. The highest BCUT2D eigenvalue weighted by Crippen LogP contribution is 2.29. The van der Waals surface area contributed by atoms with Crippen molar-refractivity contribution in [2.24, 2.45) is 4.99 Å². The summed E-state index contributed by atoms with van der Waals surface area (Å²) in [5.41, 5.74) is 2.16. The van der Waals surface area contributed by atoms with Gasteiger partial charge in [-0.25, -0.2) is 0 Å². The van der Waals surface area contributed by atoms with E-state index in [2.05, 4.69) is 44.8 Å². The lowest BCUT2D eigenvalue weighted by molar-refractivity contribution is -0.137. The van der Waals surface area contributed by atoms with E-state index in [0.29, 0.717) is 18.1 Å². The Bertz CT molecular complexity index is 857. The Morgan fingerprint density at radius 1 is 0.966 bits per heavy atom. The second-order valence-electron chi connectivity index (χ2n) is 6.52. The molecular weight excluding hydrogens is 492 g/mol. The molecular formula is C21H24F3IN4. The van der Waals surface area contributed by atoms with Gasteiger partial charge in [-0.2, -0.15) is 13.2 Å². The third kappa shape index (κ3) is 6.66. The van der Waals surface area contributed by atoms with Crippen LogP contribution >= 0.6 is 24.0 Å². The Balaban J connectivity index is 0.00000300. The smallest absolute Gasteiger partial charge is 0.364 e.